The molecule has 2 heterocycles. The van der Waals surface area contributed by atoms with Crippen LogP contribution in [0.2, 0.25) is 28.2 Å². The van der Waals surface area contributed by atoms with Crippen LogP contribution in [0, 0.1) is 22.5 Å². The highest BCUT2D eigenvalue weighted by Gasteiger charge is 2.39. The Bertz CT molecular complexity index is 3000. The number of aromatic nitrogens is 2. The molecule has 2 N–H and O–H groups in total. The molecule has 0 spiro atoms. The lowest BCUT2D eigenvalue weighted by Gasteiger charge is -2.40. The average Bonchev–Trinajstić information content (AvgIpc) is 3.25. The summed E-state index contributed by atoms with van der Waals surface area (Å²) >= 11 is 11.8. The maximum atomic E-state index is 14.6. The minimum atomic E-state index is -2.08. The fraction of sp³-hybridized carbons (Fsp3) is 0.407. The highest BCUT2D eigenvalue weighted by atomic mass is 35.5. The van der Waals surface area contributed by atoms with Crippen LogP contribution in [0.3, 0.4) is 0 Å². The van der Waals surface area contributed by atoms with E-state index in [9.17, 15) is 38.2 Å². The van der Waals surface area contributed by atoms with Gasteiger partial charge < -0.3 is 28.5 Å². The number of ether oxygens (including phenoxy) is 1. The Hall–Kier alpha value is -5.18. The first kappa shape index (κ1) is 54.8. The molecule has 0 aliphatic rings. The lowest BCUT2D eigenvalue weighted by atomic mass is 9.86. The van der Waals surface area contributed by atoms with E-state index in [2.05, 4.69) is 54.6 Å². The number of nitrogens with zero attached hydrogens (tertiary/aromatic N) is 2. The van der Waals surface area contributed by atoms with Crippen LogP contribution in [0.1, 0.15) is 124 Å². The summed E-state index contributed by atoms with van der Waals surface area (Å²) in [4.78, 5) is 51.1. The van der Waals surface area contributed by atoms with Crippen LogP contribution in [-0.4, -0.2) is 59.4 Å². The normalized spacial score (nSPS) is 13.2. The number of carbonyl (C=O) groups is 2. The summed E-state index contributed by atoms with van der Waals surface area (Å²) in [5, 5.41) is 20.2. The number of aromatic carboxylic acids is 1. The van der Waals surface area contributed by atoms with Crippen molar-refractivity contribution in [3.63, 3.8) is 0 Å². The molecule has 0 amide bonds. The van der Waals surface area contributed by atoms with E-state index in [-0.39, 0.29) is 69.1 Å². The Kier molecular flexibility index (Phi) is 17.0. The molecule has 370 valence electrons. The molecule has 10 nitrogen and oxygen atoms in total. The van der Waals surface area contributed by atoms with Gasteiger partial charge in [0.05, 0.1) is 53.0 Å². The van der Waals surface area contributed by atoms with E-state index < -0.39 is 54.2 Å². The number of pyridine rings is 2. The Balaban J connectivity index is 0.000000266. The molecule has 0 aliphatic heterocycles. The first-order valence-electron chi connectivity index (χ1n) is 22.9. The van der Waals surface area contributed by atoms with Crippen LogP contribution in [0.5, 0.6) is 0 Å². The molecule has 0 saturated heterocycles. The van der Waals surface area contributed by atoms with Crippen LogP contribution in [-0.2, 0) is 22.0 Å². The molecule has 0 aliphatic carbocycles. The Morgan fingerprint density at radius 1 is 0.696 bits per heavy atom. The third kappa shape index (κ3) is 12.4. The van der Waals surface area contributed by atoms with Crippen molar-refractivity contribution in [2.24, 2.45) is 10.8 Å². The number of hydrogen-bond donors (Lipinski definition) is 2. The number of esters is 1. The quantitative estimate of drug-likeness (QED) is 0.0862. The van der Waals surface area contributed by atoms with Crippen molar-refractivity contribution in [1.82, 2.24) is 9.13 Å². The molecule has 6 rings (SSSR count). The summed E-state index contributed by atoms with van der Waals surface area (Å²) in [6.45, 7) is 25.2. The third-order valence-corrected chi connectivity index (χ3v) is 18.1. The predicted octanol–water partition coefficient (Wildman–Crippen LogP) is 12.8. The van der Waals surface area contributed by atoms with Gasteiger partial charge in [-0.3, -0.25) is 9.59 Å². The summed E-state index contributed by atoms with van der Waals surface area (Å²) in [6, 6.07) is 19.5. The molecule has 0 saturated carbocycles. The van der Waals surface area contributed by atoms with E-state index >= 15 is 0 Å². The Morgan fingerprint density at radius 2 is 1.13 bits per heavy atom. The Morgan fingerprint density at radius 3 is 1.54 bits per heavy atom. The molecule has 6 aromatic rings. The van der Waals surface area contributed by atoms with E-state index in [0.717, 1.165) is 5.56 Å². The zero-order valence-electron chi connectivity index (χ0n) is 41.5. The number of rotatable bonds is 13. The number of carbonyl (C=O) groups excluding carboxylic acids is 1. The van der Waals surface area contributed by atoms with E-state index in [0.29, 0.717) is 39.7 Å². The largest absolute Gasteiger partial charge is 0.477 e. The van der Waals surface area contributed by atoms with Gasteiger partial charge in [0.25, 0.3) is 0 Å². The highest BCUT2D eigenvalue weighted by Crippen LogP contribution is 2.40. The molecule has 0 bridgehead atoms. The van der Waals surface area contributed by atoms with E-state index in [4.69, 9.17) is 32.4 Å². The van der Waals surface area contributed by atoms with Crippen molar-refractivity contribution in [2.75, 3.05) is 19.8 Å². The minimum Gasteiger partial charge on any atom is -0.477 e. The predicted molar refractivity (Wildman–Crippen MR) is 275 cm³/mol. The average molecular weight is 1010 g/mol. The van der Waals surface area contributed by atoms with Crippen molar-refractivity contribution in [1.29, 1.82) is 0 Å². The van der Waals surface area contributed by atoms with Gasteiger partial charge in [-0.2, -0.15) is 0 Å². The maximum absolute atomic E-state index is 14.6. The second-order valence-electron chi connectivity index (χ2n) is 21.1. The van der Waals surface area contributed by atoms with Crippen molar-refractivity contribution in [2.45, 2.75) is 112 Å². The number of carboxylic acids is 1. The second-order valence-corrected chi connectivity index (χ2v) is 26.7. The number of aliphatic hydroxyl groups excluding tert-OH is 1. The van der Waals surface area contributed by atoms with Gasteiger partial charge in [0.15, 0.2) is 8.32 Å². The van der Waals surface area contributed by atoms with Gasteiger partial charge in [-0.25, -0.2) is 18.4 Å². The van der Waals surface area contributed by atoms with E-state index in [1.807, 2.05) is 37.5 Å². The van der Waals surface area contributed by atoms with Gasteiger partial charge in [-0.1, -0.05) is 122 Å². The number of fused-ring (bicyclic) bond motifs is 2. The molecule has 2 atom stereocenters. The number of benzene rings is 4. The fourth-order valence-electron chi connectivity index (χ4n) is 7.89. The monoisotopic (exact) mass is 1000 g/mol. The van der Waals surface area contributed by atoms with Crippen LogP contribution in [0.25, 0.3) is 21.8 Å². The summed E-state index contributed by atoms with van der Waals surface area (Å²) in [6.07, 6.45) is 3.35. The molecule has 0 fully saturated rings. The summed E-state index contributed by atoms with van der Waals surface area (Å²) < 4.78 is 44.5. The van der Waals surface area contributed by atoms with E-state index in [1.54, 1.807) is 66.2 Å². The molecule has 15 heteroatoms. The molecular formula is C54H64Cl2F2N2O8Si. The fourth-order valence-corrected chi connectivity index (χ4v) is 9.28. The van der Waals surface area contributed by atoms with Gasteiger partial charge in [0, 0.05) is 36.0 Å². The molecule has 4 aromatic carbocycles. The third-order valence-electron chi connectivity index (χ3n) is 13.0. The van der Waals surface area contributed by atoms with Crippen LogP contribution >= 0.6 is 23.2 Å². The zero-order valence-corrected chi connectivity index (χ0v) is 44.0. The van der Waals surface area contributed by atoms with Gasteiger partial charge in [0.2, 0.25) is 10.9 Å². The lowest BCUT2D eigenvalue weighted by molar-refractivity contribution is 0.0522. The van der Waals surface area contributed by atoms with Crippen LogP contribution in [0.4, 0.5) is 8.78 Å². The van der Waals surface area contributed by atoms with Crippen LogP contribution in [0.15, 0.2) is 94.8 Å². The molecular weight excluding hydrogens is 942 g/mol. The molecule has 2 unspecified atom stereocenters. The summed E-state index contributed by atoms with van der Waals surface area (Å²) in [5.41, 5.74) is 1.28. The second kappa shape index (κ2) is 21.4. The summed E-state index contributed by atoms with van der Waals surface area (Å²) in [5.74, 6) is -3.01. The number of halogens is 4. The molecule has 2 aromatic heterocycles. The molecule has 0 radical (unpaired) electrons. The number of aliphatic hydroxyl groups is 1. The van der Waals surface area contributed by atoms with Crippen LogP contribution < -0.4 is 10.9 Å². The highest BCUT2D eigenvalue weighted by molar-refractivity contribution is 6.74. The Labute approximate surface area is 413 Å². The van der Waals surface area contributed by atoms with Crippen molar-refractivity contribution < 1.29 is 37.7 Å². The summed E-state index contributed by atoms with van der Waals surface area (Å²) in [7, 11) is -2.08. The molecule has 69 heavy (non-hydrogen) atoms. The maximum Gasteiger partial charge on any atom is 0.343 e. The van der Waals surface area contributed by atoms with Gasteiger partial charge >= 0.3 is 11.9 Å². The van der Waals surface area contributed by atoms with Crippen molar-refractivity contribution >= 4 is 65.3 Å². The van der Waals surface area contributed by atoms with Gasteiger partial charge in [-0.15, -0.1) is 0 Å². The number of carboxylic acid groups (broad SMARTS) is 1. The van der Waals surface area contributed by atoms with E-state index in [1.165, 1.54) is 18.3 Å². The SMILES string of the molecule is CC(C)(C)C(CO)n1cc(C(=O)O)c(=O)c2cc(Cc3cccc(Cl)c3F)ccc21.CCOC(=O)c1cn(C(CO[Si](C)(C)C(C)(C)C)C(C)(C)C)c2ccc(Cc3cccc(Cl)c3F)cc2c1=O. The van der Waals surface area contributed by atoms with Crippen molar-refractivity contribution in [3.05, 3.63) is 161 Å². The zero-order chi connectivity index (χ0) is 51.6. The smallest absolute Gasteiger partial charge is 0.343 e. The first-order valence-corrected chi connectivity index (χ1v) is 26.5. The lowest BCUT2D eigenvalue weighted by Crippen LogP contribution is -2.43. The number of hydrogen-bond acceptors (Lipinski definition) is 7. The van der Waals surface area contributed by atoms with Crippen molar-refractivity contribution in [3.8, 4) is 0 Å². The minimum absolute atomic E-state index is 0.0137. The van der Waals surface area contributed by atoms with Gasteiger partial charge in [-0.05, 0) is 94.5 Å². The standard InChI is InChI=1S/C31H41ClFNO4Si.C23H23ClFNO4/c1-10-37-29(36)23-18-34(26(30(2,3)4)19-38-39(8,9)31(5,6)7)25-15-14-20(17-22(25)28(23)35)16-21-12-11-13-24(32)27(21)33;1-23(2,3)19(12-27)26-11-16(22(29)30)21(28)15-10-13(7-8-18(15)26)9-14-5-4-6-17(24)20(14)25/h11-15,17-18,26H,10,16,19H2,1-9H3;4-8,10-11,19,27H,9,12H2,1-3H3,(H,29,30). The first-order chi connectivity index (χ1) is 32.0. The van der Waals surface area contributed by atoms with Gasteiger partial charge in [0.1, 0.15) is 22.8 Å². The topological polar surface area (TPSA) is 137 Å².